The Hall–Kier alpha value is -1.43. The maximum absolute atomic E-state index is 12.3. The van der Waals surface area contributed by atoms with Gasteiger partial charge in [-0.25, -0.2) is 4.79 Å². The minimum absolute atomic E-state index is 0.0855. The van der Waals surface area contributed by atoms with Crippen LogP contribution in [0, 0.1) is 5.92 Å². The van der Waals surface area contributed by atoms with Crippen LogP contribution in [0.15, 0.2) is 22.4 Å². The van der Waals surface area contributed by atoms with Crippen LogP contribution < -0.4 is 5.32 Å². The number of carbonyl (C=O) groups is 2. The Morgan fingerprint density at radius 3 is 2.64 bits per heavy atom. The lowest BCUT2D eigenvalue weighted by Gasteiger charge is -2.16. The van der Waals surface area contributed by atoms with Crippen molar-refractivity contribution in [1.82, 2.24) is 10.2 Å². The fraction of sp³-hybridized carbons (Fsp3) is 0.625. The van der Waals surface area contributed by atoms with Crippen molar-refractivity contribution in [2.75, 3.05) is 12.3 Å². The zero-order chi connectivity index (χ0) is 16.4. The number of nitrogens with zero attached hydrogens (tertiary/aromatic N) is 1. The molecule has 5 nitrogen and oxygen atoms in total. The first-order valence-corrected chi connectivity index (χ1v) is 8.64. The van der Waals surface area contributed by atoms with Crippen molar-refractivity contribution < 1.29 is 14.3 Å². The lowest BCUT2D eigenvalue weighted by molar-refractivity contribution is -0.143. The number of carbonyl (C=O) groups excluding carboxylic acids is 2. The third-order valence-corrected chi connectivity index (χ3v) is 4.57. The summed E-state index contributed by atoms with van der Waals surface area (Å²) in [7, 11) is 0. The molecule has 1 unspecified atom stereocenters. The molecule has 0 aromatic carbocycles. The van der Waals surface area contributed by atoms with Gasteiger partial charge in [0.25, 0.3) is 0 Å². The number of nitrogens with one attached hydrogen (secondary N) is 1. The number of rotatable bonds is 4. The quantitative estimate of drug-likeness (QED) is 0.635. The lowest BCUT2D eigenvalue weighted by atomic mass is 10.1. The smallest absolute Gasteiger partial charge is 0.337 e. The van der Waals surface area contributed by atoms with Gasteiger partial charge in [0.2, 0.25) is 5.91 Å². The minimum Gasteiger partial charge on any atom is -0.460 e. The van der Waals surface area contributed by atoms with Gasteiger partial charge in [-0.1, -0.05) is 6.92 Å². The highest BCUT2D eigenvalue weighted by atomic mass is 32.2. The van der Waals surface area contributed by atoms with E-state index in [1.54, 1.807) is 17.8 Å². The van der Waals surface area contributed by atoms with Crippen LogP contribution in [0.2, 0.25) is 0 Å². The van der Waals surface area contributed by atoms with E-state index in [1.165, 1.54) is 0 Å². The molecule has 2 rings (SSSR count). The van der Waals surface area contributed by atoms with Crippen LogP contribution in [0.3, 0.4) is 0 Å². The molecule has 2 heterocycles. The van der Waals surface area contributed by atoms with Crippen molar-refractivity contribution in [1.29, 1.82) is 0 Å². The molecular weight excluding hydrogens is 300 g/mol. The van der Waals surface area contributed by atoms with E-state index >= 15 is 0 Å². The molecule has 1 amide bonds. The van der Waals surface area contributed by atoms with E-state index in [9.17, 15) is 9.59 Å². The summed E-state index contributed by atoms with van der Waals surface area (Å²) in [6.07, 6.45) is 1.52. The summed E-state index contributed by atoms with van der Waals surface area (Å²) in [6.45, 7) is 10.3. The molecule has 0 spiro atoms. The fourth-order valence-corrected chi connectivity index (χ4v) is 3.90. The molecular formula is C16H24N2O3S. The van der Waals surface area contributed by atoms with Gasteiger partial charge in [-0.05, 0) is 27.7 Å². The number of thioether (sulfide) groups is 1. The molecule has 22 heavy (non-hydrogen) atoms. The Labute approximate surface area is 136 Å². The predicted molar refractivity (Wildman–Crippen MR) is 87.9 cm³/mol. The number of amides is 1. The number of hydrogen-bond donors (Lipinski definition) is 1. The molecule has 1 N–H and O–H groups in total. The van der Waals surface area contributed by atoms with E-state index in [-0.39, 0.29) is 29.9 Å². The van der Waals surface area contributed by atoms with Gasteiger partial charge in [0.1, 0.15) is 0 Å². The Morgan fingerprint density at radius 1 is 1.36 bits per heavy atom. The zero-order valence-corrected chi connectivity index (χ0v) is 14.6. The maximum atomic E-state index is 12.3. The molecule has 6 heteroatoms. The van der Waals surface area contributed by atoms with Crippen molar-refractivity contribution >= 4 is 23.6 Å². The van der Waals surface area contributed by atoms with Crippen LogP contribution in [0.5, 0.6) is 0 Å². The molecule has 2 aliphatic rings. The van der Waals surface area contributed by atoms with E-state index in [2.05, 4.69) is 10.2 Å². The van der Waals surface area contributed by atoms with Crippen molar-refractivity contribution in [3.63, 3.8) is 0 Å². The Bertz CT molecular complexity index is 538. The van der Waals surface area contributed by atoms with Gasteiger partial charge >= 0.3 is 5.97 Å². The third kappa shape index (κ3) is 3.66. The first kappa shape index (κ1) is 16.9. The highest BCUT2D eigenvalue weighted by Crippen LogP contribution is 2.44. The second-order valence-corrected chi connectivity index (χ2v) is 7.24. The average Bonchev–Trinajstić information content (AvgIpc) is 2.86. The first-order chi connectivity index (χ1) is 10.3. The van der Waals surface area contributed by atoms with Crippen molar-refractivity contribution in [3.8, 4) is 0 Å². The molecule has 0 aliphatic carbocycles. The molecule has 0 aromatic rings. The van der Waals surface area contributed by atoms with E-state index < -0.39 is 0 Å². The Balaban J connectivity index is 2.18. The van der Waals surface area contributed by atoms with Gasteiger partial charge in [-0.15, -0.1) is 11.8 Å². The molecule has 1 fully saturated rings. The van der Waals surface area contributed by atoms with Gasteiger partial charge in [0, 0.05) is 36.0 Å². The summed E-state index contributed by atoms with van der Waals surface area (Å²) in [4.78, 5) is 26.2. The minimum atomic E-state index is -0.236. The zero-order valence-electron chi connectivity index (χ0n) is 13.8. The maximum Gasteiger partial charge on any atom is 0.337 e. The van der Waals surface area contributed by atoms with E-state index in [0.29, 0.717) is 5.75 Å². The normalized spacial score (nSPS) is 22.8. The van der Waals surface area contributed by atoms with Gasteiger partial charge in [0.15, 0.2) is 0 Å². The van der Waals surface area contributed by atoms with E-state index in [4.69, 9.17) is 4.74 Å². The predicted octanol–water partition coefficient (Wildman–Crippen LogP) is 2.26. The summed E-state index contributed by atoms with van der Waals surface area (Å²) in [5, 5.41) is 3.81. The molecule has 0 aromatic heterocycles. The summed E-state index contributed by atoms with van der Waals surface area (Å²) >= 11 is 1.61. The first-order valence-electron chi connectivity index (χ1n) is 7.66. The van der Waals surface area contributed by atoms with Crippen LogP contribution in [0.4, 0.5) is 0 Å². The second kappa shape index (κ2) is 6.77. The van der Waals surface area contributed by atoms with Gasteiger partial charge in [0.05, 0.1) is 16.7 Å². The molecule has 0 saturated carbocycles. The second-order valence-electron chi connectivity index (χ2n) is 6.27. The number of esters is 1. The van der Waals surface area contributed by atoms with Crippen molar-refractivity contribution in [2.45, 2.75) is 46.8 Å². The molecule has 1 atom stereocenters. The largest absolute Gasteiger partial charge is 0.460 e. The molecule has 122 valence electrons. The monoisotopic (exact) mass is 324 g/mol. The van der Waals surface area contributed by atoms with Crippen molar-refractivity contribution in [3.05, 3.63) is 22.4 Å². The van der Waals surface area contributed by atoms with Crippen LogP contribution in [0.25, 0.3) is 0 Å². The van der Waals surface area contributed by atoms with E-state index in [0.717, 1.165) is 22.8 Å². The lowest BCUT2D eigenvalue weighted by Crippen LogP contribution is -2.29. The van der Waals surface area contributed by atoms with Crippen LogP contribution in [-0.2, 0) is 14.3 Å². The Morgan fingerprint density at radius 2 is 2.05 bits per heavy atom. The molecule has 0 bridgehead atoms. The number of ether oxygens (including phenoxy) is 1. The van der Waals surface area contributed by atoms with Crippen LogP contribution in [-0.4, -0.2) is 41.2 Å². The molecule has 0 radical (unpaired) electrons. The van der Waals surface area contributed by atoms with Gasteiger partial charge < -0.3 is 15.0 Å². The summed E-state index contributed by atoms with van der Waals surface area (Å²) in [6, 6.07) is 0.113. The SMILES string of the molecule is CC(C)NC(=O)C=C1CSC2=C(C(=O)OC(C)C)C(C)CN12. The highest BCUT2D eigenvalue weighted by Gasteiger charge is 2.39. The number of fused-ring (bicyclic) bond motifs is 1. The van der Waals surface area contributed by atoms with Crippen molar-refractivity contribution in [2.24, 2.45) is 5.92 Å². The standard InChI is InChI=1S/C16H24N2O3S/c1-9(2)17-13(19)6-12-8-22-15-14(11(5)7-18(12)15)16(20)21-10(3)4/h6,9-11H,7-8H2,1-5H3,(H,17,19). The molecule has 2 aliphatic heterocycles. The summed E-state index contributed by atoms with van der Waals surface area (Å²) in [5.41, 5.74) is 1.70. The Kier molecular flexibility index (Phi) is 5.21. The van der Waals surface area contributed by atoms with Gasteiger partial charge in [-0.3, -0.25) is 4.79 Å². The highest BCUT2D eigenvalue weighted by molar-refractivity contribution is 8.03. The van der Waals surface area contributed by atoms with E-state index in [1.807, 2.05) is 34.6 Å². The average molecular weight is 324 g/mol. The third-order valence-electron chi connectivity index (χ3n) is 3.42. The fourth-order valence-electron chi connectivity index (χ4n) is 2.59. The topological polar surface area (TPSA) is 58.6 Å². The van der Waals surface area contributed by atoms with Gasteiger partial charge in [-0.2, -0.15) is 0 Å². The van der Waals surface area contributed by atoms with Crippen LogP contribution in [0.1, 0.15) is 34.6 Å². The summed E-state index contributed by atoms with van der Waals surface area (Å²) in [5.74, 6) is 0.509. The molecule has 1 saturated heterocycles. The summed E-state index contributed by atoms with van der Waals surface area (Å²) < 4.78 is 5.35. The van der Waals surface area contributed by atoms with Crippen LogP contribution >= 0.6 is 11.8 Å². The number of hydrogen-bond acceptors (Lipinski definition) is 5.